The Labute approximate surface area is 254 Å². The summed E-state index contributed by atoms with van der Waals surface area (Å²) in [6.07, 6.45) is 0.136. The molecule has 3 atom stereocenters. The normalized spacial score (nSPS) is 24.3. The molecule has 0 bridgehead atoms. The van der Waals surface area contributed by atoms with E-state index in [1.807, 2.05) is 55.4 Å². The van der Waals surface area contributed by atoms with Gasteiger partial charge in [-0.25, -0.2) is 14.4 Å². The van der Waals surface area contributed by atoms with Gasteiger partial charge in [0.15, 0.2) is 0 Å². The first-order chi connectivity index (χ1) is 16.9. The van der Waals surface area contributed by atoms with Gasteiger partial charge in [-0.15, -0.1) is 0 Å². The van der Waals surface area contributed by atoms with Gasteiger partial charge in [0, 0.05) is 44.4 Å². The van der Waals surface area contributed by atoms with Crippen molar-refractivity contribution in [1.82, 2.24) is 20.4 Å². The molecule has 3 saturated heterocycles. The van der Waals surface area contributed by atoms with Gasteiger partial charge in [0.2, 0.25) is 0 Å². The van der Waals surface area contributed by atoms with Gasteiger partial charge in [-0.05, 0) is 48.0 Å². The van der Waals surface area contributed by atoms with Crippen molar-refractivity contribution in [2.75, 3.05) is 26.2 Å². The van der Waals surface area contributed by atoms with E-state index in [0.29, 0.717) is 39.0 Å². The fourth-order valence-corrected chi connectivity index (χ4v) is 4.16. The Kier molecular flexibility index (Phi) is 15.3. The van der Waals surface area contributed by atoms with Crippen LogP contribution in [0.15, 0.2) is 0 Å². The number of carbonyl (C=O) groups excluding carboxylic acids is 5. The third-order valence-electron chi connectivity index (χ3n) is 6.06. The molecule has 13 heteroatoms. The zero-order valence-corrected chi connectivity index (χ0v) is 26.1. The Morgan fingerprint density at radius 1 is 0.923 bits per heavy atom. The minimum Gasteiger partial charge on any atom is -0.512 e. The molecule has 2 N–H and O–H groups in total. The summed E-state index contributed by atoms with van der Waals surface area (Å²) in [5, 5.41) is 11.2. The monoisotopic (exact) mass is 561 g/mol. The second-order valence-corrected chi connectivity index (χ2v) is 11.5. The average molecular weight is 562 g/mol. The first kappa shape index (κ1) is 38.8. The third-order valence-corrected chi connectivity index (χ3v) is 6.06. The maximum Gasteiger partial charge on any atom is 1.00 e. The topological polar surface area (TPSA) is 158 Å². The number of carbonyl (C=O) groups is 5. The maximum atomic E-state index is 12.0. The number of ether oxygens (including phenoxy) is 2. The number of likely N-dealkylation sites (tertiary alicyclic amines) is 2. The van der Waals surface area contributed by atoms with Gasteiger partial charge < -0.3 is 36.4 Å². The molecule has 216 valence electrons. The Hall–Kier alpha value is -2.36. The Bertz CT molecular complexity index is 913. The van der Waals surface area contributed by atoms with Gasteiger partial charge in [0.05, 0.1) is 0 Å². The predicted octanol–water partition coefficient (Wildman–Crippen LogP) is 0.410. The Morgan fingerprint density at radius 2 is 1.38 bits per heavy atom. The molecule has 0 aromatic rings. The van der Waals surface area contributed by atoms with Crippen LogP contribution in [0.25, 0.3) is 0 Å². The SMILES string of the molecule is C.CC1CN(C(=O)OC(C)(C)C)CCC12NC(=O)NC2=O.CC1CN(C(=O)OC(C)(C)C)CCC1=O.[C-]#N.[Na+]. The zero-order valence-electron chi connectivity index (χ0n) is 24.1. The fraction of sp³-hybridized carbons (Fsp3) is 0.769. The number of rotatable bonds is 0. The van der Waals surface area contributed by atoms with E-state index in [1.165, 1.54) is 0 Å². The molecule has 0 radical (unpaired) electrons. The summed E-state index contributed by atoms with van der Waals surface area (Å²) in [5.74, 6) is -0.310. The number of Topliss-reactive ketones (excluding diaryl/α,β-unsaturated/α-hetero) is 1. The Morgan fingerprint density at radius 3 is 1.74 bits per heavy atom. The summed E-state index contributed by atoms with van der Waals surface area (Å²) in [4.78, 5) is 61.4. The molecule has 3 fully saturated rings. The van der Waals surface area contributed by atoms with Crippen molar-refractivity contribution >= 4 is 29.9 Å². The van der Waals surface area contributed by atoms with E-state index < -0.39 is 22.8 Å². The minimum absolute atomic E-state index is 0. The van der Waals surface area contributed by atoms with Gasteiger partial charge in [0.1, 0.15) is 22.5 Å². The molecule has 3 rings (SSSR count). The van der Waals surface area contributed by atoms with Crippen LogP contribution < -0.4 is 40.2 Å². The quantitative estimate of drug-likeness (QED) is 0.245. The predicted molar refractivity (Wildman–Crippen MR) is 139 cm³/mol. The summed E-state index contributed by atoms with van der Waals surface area (Å²) >= 11 is 0. The summed E-state index contributed by atoms with van der Waals surface area (Å²) in [5.41, 5.74) is -1.91. The molecule has 0 aliphatic carbocycles. The Balaban J connectivity index is 0. The smallest absolute Gasteiger partial charge is 0.512 e. The molecule has 3 heterocycles. The third kappa shape index (κ3) is 11.3. The van der Waals surface area contributed by atoms with Crippen LogP contribution in [0.4, 0.5) is 14.4 Å². The molecule has 1 spiro atoms. The second-order valence-electron chi connectivity index (χ2n) is 11.5. The van der Waals surface area contributed by atoms with E-state index >= 15 is 0 Å². The van der Waals surface area contributed by atoms with Crippen molar-refractivity contribution < 1.29 is 63.0 Å². The fourth-order valence-electron chi connectivity index (χ4n) is 4.16. The van der Waals surface area contributed by atoms with Crippen LogP contribution in [-0.2, 0) is 19.1 Å². The number of urea groups is 1. The molecular weight excluding hydrogens is 517 g/mol. The van der Waals surface area contributed by atoms with Crippen molar-refractivity contribution in [3.8, 4) is 0 Å². The van der Waals surface area contributed by atoms with Crippen LogP contribution in [0.1, 0.15) is 75.7 Å². The average Bonchev–Trinajstić information content (AvgIpc) is 3.05. The van der Waals surface area contributed by atoms with Crippen LogP contribution in [0.3, 0.4) is 0 Å². The molecule has 0 aromatic heterocycles. The van der Waals surface area contributed by atoms with Crippen LogP contribution in [0, 0.1) is 23.7 Å². The minimum atomic E-state index is -0.893. The molecule has 12 nitrogen and oxygen atoms in total. The number of imide groups is 1. The van der Waals surface area contributed by atoms with Crippen LogP contribution in [-0.4, -0.2) is 82.6 Å². The van der Waals surface area contributed by atoms with Crippen molar-refractivity contribution in [3.63, 3.8) is 0 Å². The van der Waals surface area contributed by atoms with E-state index in [9.17, 15) is 24.0 Å². The summed E-state index contributed by atoms with van der Waals surface area (Å²) in [6.45, 7) is 21.1. The number of ketones is 1. The maximum absolute atomic E-state index is 12.0. The molecule has 0 aromatic carbocycles. The first-order valence-electron chi connectivity index (χ1n) is 12.3. The van der Waals surface area contributed by atoms with Gasteiger partial charge in [-0.2, -0.15) is 0 Å². The molecule has 3 unspecified atom stereocenters. The second kappa shape index (κ2) is 15.4. The molecule has 5 amide bonds. The van der Waals surface area contributed by atoms with E-state index in [1.54, 1.807) is 9.80 Å². The number of piperidine rings is 2. The van der Waals surface area contributed by atoms with Crippen LogP contribution in [0.2, 0.25) is 0 Å². The van der Waals surface area contributed by atoms with E-state index in [2.05, 4.69) is 10.6 Å². The number of nitrogens with zero attached hydrogens (tertiary/aromatic N) is 3. The molecule has 0 saturated carbocycles. The van der Waals surface area contributed by atoms with Crippen LogP contribution >= 0.6 is 0 Å². The first-order valence-corrected chi connectivity index (χ1v) is 12.3. The number of hydrogen-bond acceptors (Lipinski definition) is 8. The number of hydrogen-bond donors (Lipinski definition) is 2. The van der Waals surface area contributed by atoms with Crippen LogP contribution in [0.5, 0.6) is 0 Å². The summed E-state index contributed by atoms with van der Waals surface area (Å²) in [7, 11) is 0. The van der Waals surface area contributed by atoms with Crippen molar-refractivity contribution in [3.05, 3.63) is 6.57 Å². The number of amides is 5. The molecule has 39 heavy (non-hydrogen) atoms. The van der Waals surface area contributed by atoms with Gasteiger partial charge in [0.25, 0.3) is 5.91 Å². The van der Waals surface area contributed by atoms with Crippen molar-refractivity contribution in [2.45, 2.75) is 92.4 Å². The molecule has 3 aliphatic rings. The molecule has 3 aliphatic heterocycles. The van der Waals surface area contributed by atoms with Crippen molar-refractivity contribution in [2.24, 2.45) is 11.8 Å². The van der Waals surface area contributed by atoms with E-state index in [0.717, 1.165) is 0 Å². The van der Waals surface area contributed by atoms with Gasteiger partial charge in [-0.3, -0.25) is 14.9 Å². The largest absolute Gasteiger partial charge is 1.00 e. The van der Waals surface area contributed by atoms with Gasteiger partial charge >= 0.3 is 47.8 Å². The summed E-state index contributed by atoms with van der Waals surface area (Å²) < 4.78 is 10.6. The summed E-state index contributed by atoms with van der Waals surface area (Å²) in [6, 6.07) is -0.465. The van der Waals surface area contributed by atoms with Crippen molar-refractivity contribution in [1.29, 1.82) is 5.26 Å². The van der Waals surface area contributed by atoms with Gasteiger partial charge in [-0.1, -0.05) is 21.3 Å². The molecular formula is C26H44N5NaO7. The standard InChI is InChI=1S/C13H21N3O4.C11H19NO3.CN.CH4.Na/c1-8-7-16(11(19)20-12(2,3)4)6-5-13(8)9(17)14-10(18)15-13;1-8-7-12(6-5-9(8)13)10(14)15-11(2,3)4;1-2;;/h8H,5-7H2,1-4H3,(H2,14,15,17,18);8H,5-7H2,1-4H3;;1H4;/q;;-1;;+1. The zero-order chi connectivity index (χ0) is 28.8. The van der Waals surface area contributed by atoms with E-state index in [-0.39, 0.29) is 72.7 Å². The van der Waals surface area contributed by atoms with E-state index in [4.69, 9.17) is 21.3 Å². The number of nitrogens with one attached hydrogen (secondary N) is 2.